The number of benzene rings is 1. The molecule has 1 rings (SSSR count). The number of alkyl carbamates (subject to hydrolysis) is 1. The number of aliphatic hydroxyl groups excluding tert-OH is 1. The highest BCUT2D eigenvalue weighted by molar-refractivity contribution is 5.85. The number of ether oxygens (including phenoxy) is 1. The summed E-state index contributed by atoms with van der Waals surface area (Å²) in [6.07, 6.45) is -1.89. The molecule has 0 bridgehead atoms. The highest BCUT2D eigenvalue weighted by Crippen LogP contribution is 2.01. The van der Waals surface area contributed by atoms with Crippen molar-refractivity contribution < 1.29 is 24.3 Å². The van der Waals surface area contributed by atoms with Crippen LogP contribution in [0.4, 0.5) is 4.79 Å². The van der Waals surface area contributed by atoms with E-state index < -0.39 is 24.1 Å². The molecule has 1 aromatic rings. The minimum absolute atomic E-state index is 0.0745. The normalized spacial score (nSPS) is 13.2. The lowest BCUT2D eigenvalue weighted by Crippen LogP contribution is -2.52. The van der Waals surface area contributed by atoms with Gasteiger partial charge in [-0.25, -0.2) is 10.3 Å². The number of carbonyl (C=O) groups excluding carboxylic acids is 2. The highest BCUT2D eigenvalue weighted by atomic mass is 16.6. The van der Waals surface area contributed by atoms with E-state index in [1.165, 1.54) is 14.0 Å². The van der Waals surface area contributed by atoms with Crippen LogP contribution < -0.4 is 10.8 Å². The van der Waals surface area contributed by atoms with Gasteiger partial charge in [0.15, 0.2) is 0 Å². The lowest BCUT2D eigenvalue weighted by atomic mass is 10.2. The molecule has 3 N–H and O–H groups in total. The first kappa shape index (κ1) is 15.9. The van der Waals surface area contributed by atoms with Crippen molar-refractivity contribution in [1.82, 2.24) is 10.8 Å². The average molecular weight is 282 g/mol. The molecule has 0 aliphatic heterocycles. The first-order valence-electron chi connectivity index (χ1n) is 6.02. The molecule has 0 unspecified atom stereocenters. The molecule has 7 heteroatoms. The Kier molecular flexibility index (Phi) is 6.48. The van der Waals surface area contributed by atoms with E-state index in [0.29, 0.717) is 0 Å². The average Bonchev–Trinajstić information content (AvgIpc) is 2.43. The number of rotatable bonds is 6. The van der Waals surface area contributed by atoms with Gasteiger partial charge in [0, 0.05) is 0 Å². The van der Waals surface area contributed by atoms with E-state index in [0.717, 1.165) is 5.56 Å². The smallest absolute Gasteiger partial charge is 0.408 e. The molecule has 0 saturated heterocycles. The summed E-state index contributed by atoms with van der Waals surface area (Å²) >= 11 is 0. The topological polar surface area (TPSA) is 96.9 Å². The maximum Gasteiger partial charge on any atom is 0.408 e. The third kappa shape index (κ3) is 5.25. The van der Waals surface area contributed by atoms with E-state index in [2.05, 4.69) is 10.2 Å². The second kappa shape index (κ2) is 8.13. The zero-order valence-corrected chi connectivity index (χ0v) is 11.3. The van der Waals surface area contributed by atoms with E-state index in [1.54, 1.807) is 12.1 Å². The maximum atomic E-state index is 11.6. The zero-order valence-electron chi connectivity index (χ0n) is 11.3. The zero-order chi connectivity index (χ0) is 15.0. The standard InChI is InChI=1S/C13H18N2O5/c1-9(16)11(12(17)15-19-2)14-13(18)20-8-10-6-4-3-5-7-10/h3-7,9,11,16H,8H2,1-2H3,(H,14,18)(H,15,17)/t9-,11+/m0/s1. The maximum absolute atomic E-state index is 11.6. The minimum atomic E-state index is -1.15. The van der Waals surface area contributed by atoms with Gasteiger partial charge in [0.1, 0.15) is 12.6 Å². The second-order valence-corrected chi connectivity index (χ2v) is 4.09. The van der Waals surface area contributed by atoms with Crippen molar-refractivity contribution in [3.05, 3.63) is 35.9 Å². The largest absolute Gasteiger partial charge is 0.445 e. The van der Waals surface area contributed by atoms with Gasteiger partial charge >= 0.3 is 6.09 Å². The van der Waals surface area contributed by atoms with Gasteiger partial charge in [0.2, 0.25) is 0 Å². The van der Waals surface area contributed by atoms with Gasteiger partial charge in [-0.1, -0.05) is 30.3 Å². The molecule has 0 aromatic heterocycles. The predicted octanol–water partition coefficient (Wildman–Crippen LogP) is 0.340. The van der Waals surface area contributed by atoms with Gasteiger partial charge in [-0.3, -0.25) is 9.63 Å². The number of hydrogen-bond donors (Lipinski definition) is 3. The lowest BCUT2D eigenvalue weighted by molar-refractivity contribution is -0.135. The molecule has 20 heavy (non-hydrogen) atoms. The molecule has 0 saturated carbocycles. The molecule has 1 aromatic carbocycles. The van der Waals surface area contributed by atoms with Crippen LogP contribution in [0.1, 0.15) is 12.5 Å². The highest BCUT2D eigenvalue weighted by Gasteiger charge is 2.26. The Balaban J connectivity index is 2.48. The monoisotopic (exact) mass is 282 g/mol. The van der Waals surface area contributed by atoms with E-state index >= 15 is 0 Å². The summed E-state index contributed by atoms with van der Waals surface area (Å²) in [5, 5.41) is 11.7. The molecule has 2 atom stereocenters. The summed E-state index contributed by atoms with van der Waals surface area (Å²) in [4.78, 5) is 27.5. The van der Waals surface area contributed by atoms with Gasteiger partial charge in [0.05, 0.1) is 13.2 Å². The summed E-state index contributed by atoms with van der Waals surface area (Å²) in [5.41, 5.74) is 2.85. The minimum Gasteiger partial charge on any atom is -0.445 e. The van der Waals surface area contributed by atoms with Gasteiger partial charge in [-0.15, -0.1) is 0 Å². The molecule has 7 nitrogen and oxygen atoms in total. The molecule has 0 aliphatic rings. The molecule has 0 radical (unpaired) electrons. The van der Waals surface area contributed by atoms with Crippen LogP contribution in [0, 0.1) is 0 Å². The Morgan fingerprint density at radius 3 is 2.50 bits per heavy atom. The molecule has 0 fully saturated rings. The summed E-state index contributed by atoms with van der Waals surface area (Å²) in [6, 6.07) is 7.94. The number of hydrogen-bond acceptors (Lipinski definition) is 5. The fourth-order valence-electron chi connectivity index (χ4n) is 1.46. The summed E-state index contributed by atoms with van der Waals surface area (Å²) in [5.74, 6) is -0.667. The van der Waals surface area contributed by atoms with Crippen molar-refractivity contribution in [2.24, 2.45) is 0 Å². The number of hydroxylamine groups is 1. The summed E-state index contributed by atoms with van der Waals surface area (Å²) in [7, 11) is 1.25. The van der Waals surface area contributed by atoms with Crippen LogP contribution in [-0.4, -0.2) is 36.4 Å². The van der Waals surface area contributed by atoms with Crippen LogP contribution in [0.5, 0.6) is 0 Å². The van der Waals surface area contributed by atoms with Crippen molar-refractivity contribution in [3.63, 3.8) is 0 Å². The van der Waals surface area contributed by atoms with Crippen LogP contribution in [0.25, 0.3) is 0 Å². The third-order valence-corrected chi connectivity index (χ3v) is 2.45. The number of carbonyl (C=O) groups is 2. The van der Waals surface area contributed by atoms with E-state index in [4.69, 9.17) is 4.74 Å². The first-order chi connectivity index (χ1) is 9.54. The molecular weight excluding hydrogens is 264 g/mol. The molecule has 0 spiro atoms. The summed E-state index contributed by atoms with van der Waals surface area (Å²) in [6.45, 7) is 1.45. The Labute approximate surface area is 116 Å². The second-order valence-electron chi connectivity index (χ2n) is 4.09. The van der Waals surface area contributed by atoms with Crippen LogP contribution in [0.3, 0.4) is 0 Å². The number of nitrogens with one attached hydrogen (secondary N) is 2. The summed E-state index contributed by atoms with van der Waals surface area (Å²) < 4.78 is 4.96. The van der Waals surface area contributed by atoms with Crippen molar-refractivity contribution >= 4 is 12.0 Å². The van der Waals surface area contributed by atoms with Crippen LogP contribution in [-0.2, 0) is 21.0 Å². The van der Waals surface area contributed by atoms with E-state index in [9.17, 15) is 14.7 Å². The number of amides is 2. The SMILES string of the molecule is CONC(=O)[C@H](NC(=O)OCc1ccccc1)[C@H](C)O. The number of aliphatic hydroxyl groups is 1. The fraction of sp³-hybridized carbons (Fsp3) is 0.385. The van der Waals surface area contributed by atoms with Crippen molar-refractivity contribution in [1.29, 1.82) is 0 Å². The van der Waals surface area contributed by atoms with Crippen molar-refractivity contribution in [2.45, 2.75) is 25.7 Å². The lowest BCUT2D eigenvalue weighted by Gasteiger charge is -2.19. The Morgan fingerprint density at radius 1 is 1.30 bits per heavy atom. The van der Waals surface area contributed by atoms with Gasteiger partial charge in [-0.2, -0.15) is 0 Å². The van der Waals surface area contributed by atoms with Gasteiger partial charge < -0.3 is 15.2 Å². The Hall–Kier alpha value is -2.12. The van der Waals surface area contributed by atoms with Crippen LogP contribution in [0.15, 0.2) is 30.3 Å². The van der Waals surface area contributed by atoms with E-state index in [1.807, 2.05) is 23.7 Å². The molecule has 0 aliphatic carbocycles. The van der Waals surface area contributed by atoms with Gasteiger partial charge in [0.25, 0.3) is 5.91 Å². The third-order valence-electron chi connectivity index (χ3n) is 2.45. The molecule has 2 amide bonds. The fourth-order valence-corrected chi connectivity index (χ4v) is 1.46. The first-order valence-corrected chi connectivity index (χ1v) is 6.02. The van der Waals surface area contributed by atoms with Crippen molar-refractivity contribution in [3.8, 4) is 0 Å². The molecular formula is C13H18N2O5. The predicted molar refractivity (Wildman–Crippen MR) is 70.4 cm³/mol. The Morgan fingerprint density at radius 2 is 1.95 bits per heavy atom. The molecule has 0 heterocycles. The van der Waals surface area contributed by atoms with Crippen LogP contribution >= 0.6 is 0 Å². The van der Waals surface area contributed by atoms with Gasteiger partial charge in [-0.05, 0) is 12.5 Å². The van der Waals surface area contributed by atoms with Crippen LogP contribution in [0.2, 0.25) is 0 Å². The molecule has 110 valence electrons. The van der Waals surface area contributed by atoms with Crippen molar-refractivity contribution in [2.75, 3.05) is 7.11 Å². The Bertz CT molecular complexity index is 436. The quantitative estimate of drug-likeness (QED) is 0.654. The van der Waals surface area contributed by atoms with E-state index in [-0.39, 0.29) is 6.61 Å².